The molecule has 1 spiro atoms. The number of fused-ring (bicyclic) bond motifs is 4. The zero-order chi connectivity index (χ0) is 20.7. The number of imidazole rings is 1. The molecule has 5 rings (SSSR count). The molecule has 0 bridgehead atoms. The summed E-state index contributed by atoms with van der Waals surface area (Å²) >= 11 is 0. The quantitative estimate of drug-likeness (QED) is 0.672. The first kappa shape index (κ1) is 19.0. The molecule has 1 fully saturated rings. The zero-order valence-corrected chi connectivity index (χ0v) is 17.3. The van der Waals surface area contributed by atoms with Crippen LogP contribution in [0.15, 0.2) is 42.9 Å². The van der Waals surface area contributed by atoms with Gasteiger partial charge in [0.15, 0.2) is 5.82 Å². The average Bonchev–Trinajstić information content (AvgIpc) is 3.22. The smallest absolute Gasteiger partial charge is 0.213 e. The normalized spacial score (nSPS) is 22.5. The summed E-state index contributed by atoms with van der Waals surface area (Å²) in [6.07, 6.45) is 9.11. The summed E-state index contributed by atoms with van der Waals surface area (Å²) in [6, 6.07) is 7.04. The molecule has 7 heteroatoms. The molecule has 0 radical (unpaired) electrons. The van der Waals surface area contributed by atoms with E-state index in [1.807, 2.05) is 18.5 Å². The standard InChI is InChI=1S/C23H26FN5O/c1-15(2)21-27-13-19-23(28-18-4-3-11-25-22(18)29(19)21)9-7-16(8-10-23)14-30-20-6-5-17(24)12-26-20/h3-6,11-13,15-16,28H,7-10,14H2,1-2H3. The molecule has 0 aromatic carbocycles. The van der Waals surface area contributed by atoms with Gasteiger partial charge in [0.25, 0.3) is 0 Å². The van der Waals surface area contributed by atoms with Crippen LogP contribution in [0.5, 0.6) is 5.88 Å². The van der Waals surface area contributed by atoms with Gasteiger partial charge in [-0.15, -0.1) is 0 Å². The van der Waals surface area contributed by atoms with Gasteiger partial charge in [-0.3, -0.25) is 4.57 Å². The number of pyridine rings is 2. The van der Waals surface area contributed by atoms with E-state index < -0.39 is 0 Å². The average molecular weight is 407 g/mol. The van der Waals surface area contributed by atoms with E-state index in [0.29, 0.717) is 24.3 Å². The largest absolute Gasteiger partial charge is 0.477 e. The van der Waals surface area contributed by atoms with Gasteiger partial charge in [0.2, 0.25) is 5.88 Å². The van der Waals surface area contributed by atoms with E-state index in [9.17, 15) is 4.39 Å². The highest BCUT2D eigenvalue weighted by Gasteiger charge is 2.43. The fourth-order valence-corrected chi connectivity index (χ4v) is 4.70. The van der Waals surface area contributed by atoms with Crippen LogP contribution in [0.25, 0.3) is 5.82 Å². The van der Waals surface area contributed by atoms with E-state index in [-0.39, 0.29) is 11.4 Å². The molecule has 156 valence electrons. The monoisotopic (exact) mass is 407 g/mol. The molecule has 30 heavy (non-hydrogen) atoms. The van der Waals surface area contributed by atoms with Crippen LogP contribution >= 0.6 is 0 Å². The Balaban J connectivity index is 1.36. The number of nitrogens with one attached hydrogen (secondary N) is 1. The molecule has 0 unspecified atom stereocenters. The van der Waals surface area contributed by atoms with E-state index in [2.05, 4.69) is 39.8 Å². The number of rotatable bonds is 4. The molecule has 1 saturated carbocycles. The first-order valence-electron chi connectivity index (χ1n) is 10.6. The van der Waals surface area contributed by atoms with Crippen molar-refractivity contribution in [2.45, 2.75) is 51.0 Å². The minimum absolute atomic E-state index is 0.138. The van der Waals surface area contributed by atoms with Crippen LogP contribution < -0.4 is 10.1 Å². The lowest BCUT2D eigenvalue weighted by Crippen LogP contribution is -2.44. The predicted octanol–water partition coefficient (Wildman–Crippen LogP) is 4.81. The summed E-state index contributed by atoms with van der Waals surface area (Å²) in [6.45, 7) is 4.94. The van der Waals surface area contributed by atoms with E-state index >= 15 is 0 Å². The molecule has 0 amide bonds. The number of anilines is 1. The van der Waals surface area contributed by atoms with Crippen molar-refractivity contribution in [3.8, 4) is 11.7 Å². The van der Waals surface area contributed by atoms with Crippen molar-refractivity contribution in [3.05, 3.63) is 60.2 Å². The summed E-state index contributed by atoms with van der Waals surface area (Å²) in [7, 11) is 0. The van der Waals surface area contributed by atoms with Gasteiger partial charge in [0, 0.05) is 18.2 Å². The van der Waals surface area contributed by atoms with Crippen molar-refractivity contribution in [2.24, 2.45) is 5.92 Å². The maximum absolute atomic E-state index is 13.0. The molecule has 1 N–H and O–H groups in total. The maximum atomic E-state index is 13.0. The Morgan fingerprint density at radius 2 is 2.00 bits per heavy atom. The summed E-state index contributed by atoms with van der Waals surface area (Å²) in [5.41, 5.74) is 2.13. The predicted molar refractivity (Wildman–Crippen MR) is 112 cm³/mol. The van der Waals surface area contributed by atoms with Crippen molar-refractivity contribution in [1.82, 2.24) is 19.5 Å². The van der Waals surface area contributed by atoms with Gasteiger partial charge in [-0.25, -0.2) is 19.3 Å². The van der Waals surface area contributed by atoms with E-state index in [1.165, 1.54) is 18.0 Å². The molecule has 2 aliphatic rings. The molecule has 3 aromatic heterocycles. The number of hydrogen-bond donors (Lipinski definition) is 1. The van der Waals surface area contributed by atoms with Gasteiger partial charge in [0.05, 0.1) is 35.9 Å². The third-order valence-electron chi connectivity index (χ3n) is 6.29. The molecule has 0 atom stereocenters. The van der Waals surface area contributed by atoms with E-state index in [4.69, 9.17) is 9.72 Å². The molecular weight excluding hydrogens is 381 g/mol. The van der Waals surface area contributed by atoms with Crippen LogP contribution in [0, 0.1) is 11.7 Å². The molecule has 6 nitrogen and oxygen atoms in total. The number of aromatic nitrogens is 4. The number of hydrogen-bond acceptors (Lipinski definition) is 5. The Kier molecular flexibility index (Phi) is 4.68. The summed E-state index contributed by atoms with van der Waals surface area (Å²) in [4.78, 5) is 13.4. The second kappa shape index (κ2) is 7.38. The number of halogens is 1. The summed E-state index contributed by atoms with van der Waals surface area (Å²) in [5, 5.41) is 3.80. The first-order valence-corrected chi connectivity index (χ1v) is 10.6. The highest BCUT2D eigenvalue weighted by Crippen LogP contribution is 2.47. The minimum atomic E-state index is -0.350. The Labute approximate surface area is 175 Å². The zero-order valence-electron chi connectivity index (χ0n) is 17.3. The van der Waals surface area contributed by atoms with Gasteiger partial charge in [-0.05, 0) is 49.8 Å². The van der Waals surface area contributed by atoms with E-state index in [0.717, 1.165) is 43.0 Å². The SMILES string of the molecule is CC(C)c1ncc2n1-c1ncccc1NC21CCC(COc2ccc(F)cn2)CC1. The van der Waals surface area contributed by atoms with Gasteiger partial charge in [-0.2, -0.15) is 0 Å². The van der Waals surface area contributed by atoms with Crippen LogP contribution in [0.3, 0.4) is 0 Å². The lowest BCUT2D eigenvalue weighted by molar-refractivity contribution is 0.167. The van der Waals surface area contributed by atoms with E-state index in [1.54, 1.807) is 6.07 Å². The van der Waals surface area contributed by atoms with Gasteiger partial charge >= 0.3 is 0 Å². The van der Waals surface area contributed by atoms with Gasteiger partial charge in [-0.1, -0.05) is 13.8 Å². The van der Waals surface area contributed by atoms with Crippen molar-refractivity contribution in [2.75, 3.05) is 11.9 Å². The molecular formula is C23H26FN5O. The third-order valence-corrected chi connectivity index (χ3v) is 6.29. The first-order chi connectivity index (χ1) is 14.6. The fraction of sp³-hybridized carbons (Fsp3) is 0.435. The Morgan fingerprint density at radius 1 is 1.17 bits per heavy atom. The highest BCUT2D eigenvalue weighted by molar-refractivity contribution is 5.63. The fourth-order valence-electron chi connectivity index (χ4n) is 4.70. The minimum Gasteiger partial charge on any atom is -0.477 e. The van der Waals surface area contributed by atoms with Crippen molar-refractivity contribution in [1.29, 1.82) is 0 Å². The maximum Gasteiger partial charge on any atom is 0.213 e. The Hall–Kier alpha value is -2.96. The van der Waals surface area contributed by atoms with Gasteiger partial charge in [0.1, 0.15) is 11.6 Å². The van der Waals surface area contributed by atoms with Gasteiger partial charge < -0.3 is 10.1 Å². The third kappa shape index (κ3) is 3.22. The van der Waals surface area contributed by atoms with Crippen molar-refractivity contribution >= 4 is 5.69 Å². The van der Waals surface area contributed by atoms with Crippen molar-refractivity contribution < 1.29 is 9.13 Å². The lowest BCUT2D eigenvalue weighted by atomic mass is 9.74. The molecule has 4 heterocycles. The molecule has 3 aromatic rings. The summed E-state index contributed by atoms with van der Waals surface area (Å²) < 4.78 is 21.1. The topological polar surface area (TPSA) is 64.9 Å². The Bertz CT molecular complexity index is 1040. The Morgan fingerprint density at radius 3 is 2.73 bits per heavy atom. The molecule has 1 aliphatic heterocycles. The summed E-state index contributed by atoms with van der Waals surface area (Å²) in [5.74, 6) is 2.88. The second-order valence-corrected chi connectivity index (χ2v) is 8.64. The molecule has 0 saturated heterocycles. The highest BCUT2D eigenvalue weighted by atomic mass is 19.1. The van der Waals surface area contributed by atoms with Crippen LogP contribution in [0.1, 0.15) is 57.0 Å². The van der Waals surface area contributed by atoms with Crippen molar-refractivity contribution in [3.63, 3.8) is 0 Å². The second-order valence-electron chi connectivity index (χ2n) is 8.64. The number of nitrogens with zero attached hydrogens (tertiary/aromatic N) is 4. The van der Waals surface area contributed by atoms with Crippen LogP contribution in [0.4, 0.5) is 10.1 Å². The van der Waals surface area contributed by atoms with Crippen LogP contribution in [-0.4, -0.2) is 26.1 Å². The van der Waals surface area contributed by atoms with Crippen LogP contribution in [0.2, 0.25) is 0 Å². The lowest BCUT2D eigenvalue weighted by Gasteiger charge is -2.44. The van der Waals surface area contributed by atoms with Crippen LogP contribution in [-0.2, 0) is 5.54 Å². The number of ether oxygens (including phenoxy) is 1. The molecule has 1 aliphatic carbocycles.